The molecule has 1 aliphatic heterocycles. The first-order valence-corrected chi connectivity index (χ1v) is 6.71. The Bertz CT molecular complexity index is 476. The fraction of sp³-hybridized carbons (Fsp3) is 0.667. The molecule has 98 valence electrons. The Morgan fingerprint density at radius 1 is 1.39 bits per heavy atom. The van der Waals surface area contributed by atoms with Gasteiger partial charge in [0.2, 0.25) is 0 Å². The zero-order valence-corrected chi connectivity index (χ0v) is 11.1. The first kappa shape index (κ1) is 12.0. The van der Waals surface area contributed by atoms with Gasteiger partial charge < -0.3 is 9.84 Å². The topological polar surface area (TPSA) is 46.5 Å². The van der Waals surface area contributed by atoms with Gasteiger partial charge in [0.1, 0.15) is 5.60 Å². The summed E-state index contributed by atoms with van der Waals surface area (Å²) in [5.41, 5.74) is 1.61. The Labute approximate surface area is 108 Å². The number of hydrogen-bond donors (Lipinski definition) is 1. The van der Waals surface area contributed by atoms with Crippen molar-refractivity contribution < 1.29 is 14.6 Å². The van der Waals surface area contributed by atoms with E-state index in [0.29, 0.717) is 6.42 Å². The van der Waals surface area contributed by atoms with Crippen LogP contribution in [0.25, 0.3) is 0 Å². The molecule has 3 atom stereocenters. The Kier molecular flexibility index (Phi) is 2.31. The molecule has 0 amide bonds. The van der Waals surface area contributed by atoms with Crippen molar-refractivity contribution in [3.63, 3.8) is 0 Å². The molecule has 2 aliphatic carbocycles. The lowest BCUT2D eigenvalue weighted by Crippen LogP contribution is -2.50. The third-order valence-electron chi connectivity index (χ3n) is 5.14. The molecular weight excluding hydrogens is 228 g/mol. The van der Waals surface area contributed by atoms with Gasteiger partial charge in [-0.2, -0.15) is 0 Å². The van der Waals surface area contributed by atoms with Crippen LogP contribution in [-0.2, 0) is 9.53 Å². The van der Waals surface area contributed by atoms with Crippen molar-refractivity contribution >= 4 is 5.97 Å². The number of carbonyl (C=O) groups is 1. The van der Waals surface area contributed by atoms with E-state index in [4.69, 9.17) is 4.74 Å². The van der Waals surface area contributed by atoms with Gasteiger partial charge in [-0.25, -0.2) is 4.79 Å². The van der Waals surface area contributed by atoms with E-state index < -0.39 is 17.7 Å². The predicted molar refractivity (Wildman–Crippen MR) is 67.9 cm³/mol. The van der Waals surface area contributed by atoms with Crippen LogP contribution in [0.1, 0.15) is 46.0 Å². The molecular formula is C15H20O3. The maximum Gasteiger partial charge on any atom is 0.337 e. The largest absolute Gasteiger partial charge is 0.451 e. The molecule has 0 spiro atoms. The summed E-state index contributed by atoms with van der Waals surface area (Å²) in [6.45, 7) is 8.07. The molecule has 18 heavy (non-hydrogen) atoms. The second-order valence-corrected chi connectivity index (χ2v) is 6.30. The number of rotatable bonds is 0. The van der Waals surface area contributed by atoms with Gasteiger partial charge in [0.25, 0.3) is 0 Å². The van der Waals surface area contributed by atoms with Crippen LogP contribution in [0.2, 0.25) is 0 Å². The molecule has 1 N–H and O–H groups in total. The van der Waals surface area contributed by atoms with Crippen LogP contribution in [0, 0.1) is 5.41 Å². The summed E-state index contributed by atoms with van der Waals surface area (Å²) in [5, 5.41) is 10.7. The predicted octanol–water partition coefficient (Wildman–Crippen LogP) is 2.50. The first-order chi connectivity index (χ1) is 8.38. The minimum atomic E-state index is -1.16. The summed E-state index contributed by atoms with van der Waals surface area (Å²) < 4.78 is 5.44. The fourth-order valence-corrected chi connectivity index (χ4v) is 3.98. The van der Waals surface area contributed by atoms with E-state index >= 15 is 0 Å². The van der Waals surface area contributed by atoms with Crippen LogP contribution in [0.5, 0.6) is 0 Å². The van der Waals surface area contributed by atoms with Crippen LogP contribution >= 0.6 is 0 Å². The lowest BCUT2D eigenvalue weighted by atomic mass is 9.59. The van der Waals surface area contributed by atoms with Crippen molar-refractivity contribution in [1.82, 2.24) is 0 Å². The third kappa shape index (κ3) is 1.31. The Hall–Kier alpha value is -1.09. The molecule has 3 aliphatic rings. The van der Waals surface area contributed by atoms with Gasteiger partial charge in [-0.15, -0.1) is 0 Å². The molecule has 1 heterocycles. The highest BCUT2D eigenvalue weighted by molar-refractivity contribution is 5.93. The van der Waals surface area contributed by atoms with E-state index in [2.05, 4.69) is 20.4 Å². The van der Waals surface area contributed by atoms with E-state index in [0.717, 1.165) is 24.8 Å². The van der Waals surface area contributed by atoms with E-state index in [1.54, 1.807) is 0 Å². The molecule has 0 aromatic carbocycles. The summed E-state index contributed by atoms with van der Waals surface area (Å²) in [6, 6.07) is 0. The normalized spacial score (nSPS) is 43.6. The van der Waals surface area contributed by atoms with Crippen molar-refractivity contribution in [3.05, 3.63) is 23.3 Å². The van der Waals surface area contributed by atoms with Crippen molar-refractivity contribution in [3.8, 4) is 0 Å². The van der Waals surface area contributed by atoms with Gasteiger partial charge >= 0.3 is 5.97 Å². The highest BCUT2D eigenvalue weighted by Gasteiger charge is 2.59. The second-order valence-electron chi connectivity index (χ2n) is 6.30. The average Bonchev–Trinajstić information content (AvgIpc) is 2.53. The Morgan fingerprint density at radius 2 is 2.11 bits per heavy atom. The van der Waals surface area contributed by atoms with Gasteiger partial charge in [-0.05, 0) is 50.0 Å². The van der Waals surface area contributed by atoms with Gasteiger partial charge in [0.15, 0.2) is 6.10 Å². The molecule has 0 bridgehead atoms. The third-order valence-corrected chi connectivity index (χ3v) is 5.14. The van der Waals surface area contributed by atoms with Crippen molar-refractivity contribution in [2.75, 3.05) is 0 Å². The highest BCUT2D eigenvalue weighted by atomic mass is 16.6. The van der Waals surface area contributed by atoms with Gasteiger partial charge in [0, 0.05) is 0 Å². The number of ether oxygens (including phenoxy) is 1. The Balaban J connectivity index is 2.13. The maximum absolute atomic E-state index is 11.7. The first-order valence-electron chi connectivity index (χ1n) is 6.71. The van der Waals surface area contributed by atoms with Crippen LogP contribution in [0.3, 0.4) is 0 Å². The monoisotopic (exact) mass is 248 g/mol. The number of hydrogen-bond acceptors (Lipinski definition) is 3. The van der Waals surface area contributed by atoms with Crippen molar-refractivity contribution in [1.29, 1.82) is 0 Å². The molecule has 0 aromatic heterocycles. The van der Waals surface area contributed by atoms with E-state index in [-0.39, 0.29) is 11.0 Å². The van der Waals surface area contributed by atoms with Gasteiger partial charge in [0.05, 0.1) is 5.57 Å². The summed E-state index contributed by atoms with van der Waals surface area (Å²) in [7, 11) is 0. The number of carbonyl (C=O) groups excluding carboxylic acids is 1. The molecule has 3 rings (SSSR count). The van der Waals surface area contributed by atoms with Crippen LogP contribution in [0.4, 0.5) is 0 Å². The SMILES string of the molecule is C=C1C(=O)OC2C3=C(C)CCCC3(C)CCC12O. The molecule has 2 fully saturated rings. The molecule has 1 saturated carbocycles. The molecule has 3 nitrogen and oxygen atoms in total. The van der Waals surface area contributed by atoms with E-state index in [1.807, 2.05) is 0 Å². The van der Waals surface area contributed by atoms with E-state index in [1.165, 1.54) is 12.0 Å². The van der Waals surface area contributed by atoms with Gasteiger partial charge in [-0.3, -0.25) is 0 Å². The summed E-state index contributed by atoms with van der Waals surface area (Å²) in [5.74, 6) is -0.433. The van der Waals surface area contributed by atoms with Crippen LogP contribution in [-0.4, -0.2) is 22.8 Å². The minimum Gasteiger partial charge on any atom is -0.451 e. The molecule has 3 heteroatoms. The second kappa shape index (κ2) is 3.47. The van der Waals surface area contributed by atoms with Crippen LogP contribution in [0.15, 0.2) is 23.3 Å². The summed E-state index contributed by atoms with van der Waals surface area (Å²) >= 11 is 0. The fourth-order valence-electron chi connectivity index (χ4n) is 3.98. The Morgan fingerprint density at radius 3 is 2.83 bits per heavy atom. The van der Waals surface area contributed by atoms with Crippen molar-refractivity contribution in [2.45, 2.75) is 57.7 Å². The standard InChI is InChI=1S/C15H20O3/c1-9-5-4-6-14(3)7-8-15(17)10(2)13(16)18-12(15)11(9)14/h12,17H,2,4-8H2,1,3H3. The highest BCUT2D eigenvalue weighted by Crippen LogP contribution is 2.56. The molecule has 1 saturated heterocycles. The number of fused-ring (bicyclic) bond motifs is 3. The number of aliphatic hydroxyl groups is 1. The zero-order chi connectivity index (χ0) is 13.1. The van der Waals surface area contributed by atoms with Gasteiger partial charge in [-0.1, -0.05) is 19.1 Å². The number of esters is 1. The quantitative estimate of drug-likeness (QED) is 0.407. The maximum atomic E-state index is 11.7. The van der Waals surface area contributed by atoms with Crippen LogP contribution < -0.4 is 0 Å². The smallest absolute Gasteiger partial charge is 0.337 e. The summed E-state index contributed by atoms with van der Waals surface area (Å²) in [4.78, 5) is 11.7. The summed E-state index contributed by atoms with van der Waals surface area (Å²) in [6.07, 6.45) is 4.35. The zero-order valence-electron chi connectivity index (χ0n) is 11.1. The average molecular weight is 248 g/mol. The van der Waals surface area contributed by atoms with Crippen molar-refractivity contribution in [2.24, 2.45) is 5.41 Å². The van der Waals surface area contributed by atoms with E-state index in [9.17, 15) is 9.90 Å². The molecule has 0 aromatic rings. The lowest BCUT2D eigenvalue weighted by Gasteiger charge is -2.48. The lowest BCUT2D eigenvalue weighted by molar-refractivity contribution is -0.141. The number of allylic oxidation sites excluding steroid dienone is 1. The molecule has 0 radical (unpaired) electrons. The molecule has 3 unspecified atom stereocenters. The minimum absolute atomic E-state index is 0.0874.